The Kier molecular flexibility index (Phi) is 3.54. The molecule has 0 unspecified atom stereocenters. The molecule has 1 N–H and O–H groups in total. The highest BCUT2D eigenvalue weighted by molar-refractivity contribution is 5.55. The van der Waals surface area contributed by atoms with Crippen LogP contribution >= 0.6 is 0 Å². The SMILES string of the molecule is CC(C)c1ccc(-c2ncnn2CCO)cc1. The first-order chi connectivity index (χ1) is 8.22. The van der Waals surface area contributed by atoms with E-state index in [2.05, 4.69) is 36.1 Å². The largest absolute Gasteiger partial charge is 0.394 e. The van der Waals surface area contributed by atoms with Crippen LogP contribution in [-0.4, -0.2) is 26.5 Å². The molecule has 0 aliphatic rings. The molecule has 0 bridgehead atoms. The molecule has 0 spiro atoms. The Morgan fingerprint density at radius 1 is 1.24 bits per heavy atom. The summed E-state index contributed by atoms with van der Waals surface area (Å²) in [5.74, 6) is 1.33. The fraction of sp³-hybridized carbons (Fsp3) is 0.385. The third-order valence-electron chi connectivity index (χ3n) is 2.76. The summed E-state index contributed by atoms with van der Waals surface area (Å²) in [7, 11) is 0. The molecule has 90 valence electrons. The van der Waals surface area contributed by atoms with Gasteiger partial charge in [0, 0.05) is 5.56 Å². The third-order valence-corrected chi connectivity index (χ3v) is 2.76. The smallest absolute Gasteiger partial charge is 0.158 e. The van der Waals surface area contributed by atoms with Crippen LogP contribution in [0, 0.1) is 0 Å². The highest BCUT2D eigenvalue weighted by Crippen LogP contribution is 2.20. The van der Waals surface area contributed by atoms with Crippen LogP contribution in [0.15, 0.2) is 30.6 Å². The van der Waals surface area contributed by atoms with Gasteiger partial charge in [0.15, 0.2) is 5.82 Å². The van der Waals surface area contributed by atoms with E-state index in [1.807, 2.05) is 12.1 Å². The van der Waals surface area contributed by atoms with E-state index >= 15 is 0 Å². The van der Waals surface area contributed by atoms with Gasteiger partial charge >= 0.3 is 0 Å². The van der Waals surface area contributed by atoms with Crippen LogP contribution in [0.4, 0.5) is 0 Å². The molecule has 0 fully saturated rings. The molecule has 0 aliphatic carbocycles. The topological polar surface area (TPSA) is 50.9 Å². The normalized spacial score (nSPS) is 11.1. The van der Waals surface area contributed by atoms with Gasteiger partial charge in [-0.05, 0) is 11.5 Å². The number of rotatable bonds is 4. The van der Waals surface area contributed by atoms with Gasteiger partial charge in [0.25, 0.3) is 0 Å². The molecule has 0 saturated heterocycles. The van der Waals surface area contributed by atoms with Crippen LogP contribution in [0.2, 0.25) is 0 Å². The van der Waals surface area contributed by atoms with Crippen molar-refractivity contribution in [2.45, 2.75) is 26.3 Å². The maximum atomic E-state index is 8.94. The Morgan fingerprint density at radius 3 is 2.53 bits per heavy atom. The highest BCUT2D eigenvalue weighted by atomic mass is 16.3. The van der Waals surface area contributed by atoms with Crippen molar-refractivity contribution in [2.75, 3.05) is 6.61 Å². The van der Waals surface area contributed by atoms with Gasteiger partial charge in [-0.2, -0.15) is 5.10 Å². The molecule has 17 heavy (non-hydrogen) atoms. The molecule has 4 nitrogen and oxygen atoms in total. The lowest BCUT2D eigenvalue weighted by Gasteiger charge is -2.07. The van der Waals surface area contributed by atoms with Crippen molar-refractivity contribution >= 4 is 0 Å². The molecule has 0 saturated carbocycles. The van der Waals surface area contributed by atoms with E-state index in [0.29, 0.717) is 12.5 Å². The van der Waals surface area contributed by atoms with Gasteiger partial charge in [0.05, 0.1) is 13.2 Å². The number of hydrogen-bond donors (Lipinski definition) is 1. The Morgan fingerprint density at radius 2 is 1.94 bits per heavy atom. The van der Waals surface area contributed by atoms with Gasteiger partial charge < -0.3 is 5.11 Å². The van der Waals surface area contributed by atoms with Crippen LogP contribution in [0.1, 0.15) is 25.3 Å². The van der Waals surface area contributed by atoms with Crippen molar-refractivity contribution in [3.8, 4) is 11.4 Å². The molecule has 2 rings (SSSR count). The monoisotopic (exact) mass is 231 g/mol. The lowest BCUT2D eigenvalue weighted by molar-refractivity contribution is 0.270. The van der Waals surface area contributed by atoms with E-state index in [-0.39, 0.29) is 6.61 Å². The van der Waals surface area contributed by atoms with Crippen molar-refractivity contribution in [3.63, 3.8) is 0 Å². The van der Waals surface area contributed by atoms with Crippen LogP contribution < -0.4 is 0 Å². The molecule has 2 aromatic rings. The maximum Gasteiger partial charge on any atom is 0.158 e. The van der Waals surface area contributed by atoms with Crippen molar-refractivity contribution in [2.24, 2.45) is 0 Å². The molecule has 0 aliphatic heterocycles. The molecule has 0 amide bonds. The predicted octanol–water partition coefficient (Wildman–Crippen LogP) is 2.06. The number of aliphatic hydroxyl groups is 1. The van der Waals surface area contributed by atoms with Crippen LogP contribution in [0.25, 0.3) is 11.4 Å². The summed E-state index contributed by atoms with van der Waals surface area (Å²) < 4.78 is 1.71. The zero-order valence-electron chi connectivity index (χ0n) is 10.2. The second-order valence-electron chi connectivity index (χ2n) is 4.31. The second-order valence-corrected chi connectivity index (χ2v) is 4.31. The zero-order valence-corrected chi connectivity index (χ0v) is 10.2. The Bertz CT molecular complexity index is 474. The summed E-state index contributed by atoms with van der Waals surface area (Å²) in [5, 5.41) is 13.0. The average Bonchev–Trinajstić information content (AvgIpc) is 2.78. The Labute approximate surface area is 101 Å². The molecule has 1 aromatic heterocycles. The van der Waals surface area contributed by atoms with Gasteiger partial charge in [-0.25, -0.2) is 9.67 Å². The molecule has 1 heterocycles. The maximum absolute atomic E-state index is 8.94. The van der Waals surface area contributed by atoms with E-state index in [4.69, 9.17) is 5.11 Å². The molecule has 0 atom stereocenters. The van der Waals surface area contributed by atoms with Crippen molar-refractivity contribution in [1.29, 1.82) is 0 Å². The third kappa shape index (κ3) is 2.53. The minimum absolute atomic E-state index is 0.0699. The minimum atomic E-state index is 0.0699. The summed E-state index contributed by atoms with van der Waals surface area (Å²) in [5.41, 5.74) is 2.34. The second kappa shape index (κ2) is 5.10. The first-order valence-electron chi connectivity index (χ1n) is 5.81. The fourth-order valence-corrected chi connectivity index (χ4v) is 1.76. The van der Waals surface area contributed by atoms with Gasteiger partial charge in [0.1, 0.15) is 6.33 Å². The number of benzene rings is 1. The highest BCUT2D eigenvalue weighted by Gasteiger charge is 2.07. The van der Waals surface area contributed by atoms with Gasteiger partial charge in [0.2, 0.25) is 0 Å². The number of nitrogens with zero attached hydrogens (tertiary/aromatic N) is 3. The van der Waals surface area contributed by atoms with E-state index in [1.54, 1.807) is 4.68 Å². The van der Waals surface area contributed by atoms with E-state index < -0.39 is 0 Å². The Hall–Kier alpha value is -1.68. The fourth-order valence-electron chi connectivity index (χ4n) is 1.76. The van der Waals surface area contributed by atoms with Gasteiger partial charge in [-0.3, -0.25) is 0 Å². The summed E-state index contributed by atoms with van der Waals surface area (Å²) in [4.78, 5) is 4.22. The molecule has 1 aromatic carbocycles. The number of hydrogen-bond acceptors (Lipinski definition) is 3. The quantitative estimate of drug-likeness (QED) is 0.876. The van der Waals surface area contributed by atoms with Gasteiger partial charge in [-0.15, -0.1) is 0 Å². The zero-order chi connectivity index (χ0) is 12.3. The number of aliphatic hydroxyl groups excluding tert-OH is 1. The van der Waals surface area contributed by atoms with E-state index in [1.165, 1.54) is 11.9 Å². The standard InChI is InChI=1S/C13H17N3O/c1-10(2)11-3-5-12(6-4-11)13-14-9-15-16(13)7-8-17/h3-6,9-10,17H,7-8H2,1-2H3. The minimum Gasteiger partial charge on any atom is -0.394 e. The summed E-state index contributed by atoms with van der Waals surface area (Å²) in [6.07, 6.45) is 1.52. The lowest BCUT2D eigenvalue weighted by atomic mass is 10.0. The van der Waals surface area contributed by atoms with Crippen molar-refractivity contribution in [1.82, 2.24) is 14.8 Å². The van der Waals surface area contributed by atoms with Crippen molar-refractivity contribution < 1.29 is 5.11 Å². The molecule has 4 heteroatoms. The van der Waals surface area contributed by atoms with E-state index in [9.17, 15) is 0 Å². The predicted molar refractivity (Wildman–Crippen MR) is 66.6 cm³/mol. The van der Waals surface area contributed by atoms with Crippen LogP contribution in [0.5, 0.6) is 0 Å². The lowest BCUT2D eigenvalue weighted by Crippen LogP contribution is -2.05. The first-order valence-corrected chi connectivity index (χ1v) is 5.81. The average molecular weight is 231 g/mol. The number of aromatic nitrogens is 3. The summed E-state index contributed by atoms with van der Waals surface area (Å²) >= 11 is 0. The van der Waals surface area contributed by atoms with Crippen molar-refractivity contribution in [3.05, 3.63) is 36.2 Å². The molecular weight excluding hydrogens is 214 g/mol. The van der Waals surface area contributed by atoms with Crippen LogP contribution in [-0.2, 0) is 6.54 Å². The first kappa shape index (κ1) is 11.8. The summed E-state index contributed by atoms with van der Waals surface area (Å²) in [6, 6.07) is 8.32. The molecule has 0 radical (unpaired) electrons. The molecular formula is C13H17N3O. The van der Waals surface area contributed by atoms with Crippen LogP contribution in [0.3, 0.4) is 0 Å². The van der Waals surface area contributed by atoms with Gasteiger partial charge in [-0.1, -0.05) is 38.1 Å². The Balaban J connectivity index is 2.30. The summed E-state index contributed by atoms with van der Waals surface area (Å²) in [6.45, 7) is 4.88. The van der Waals surface area contributed by atoms with E-state index in [0.717, 1.165) is 11.4 Å².